The minimum atomic E-state index is -0.163. The minimum Gasteiger partial charge on any atom is -0.396 e. The van der Waals surface area contributed by atoms with Gasteiger partial charge < -0.3 is 10.0 Å². The largest absolute Gasteiger partial charge is 0.396 e. The van der Waals surface area contributed by atoms with Gasteiger partial charge in [-0.05, 0) is 42.9 Å². The molecular weight excluding hydrogens is 245 g/mol. The number of aliphatic hydroxyl groups excluding tert-OH is 1. The molecule has 0 spiro atoms. The van der Waals surface area contributed by atoms with Gasteiger partial charge in [-0.3, -0.25) is 4.79 Å². The molecule has 1 fully saturated rings. The van der Waals surface area contributed by atoms with Crippen molar-refractivity contribution >= 4 is 5.91 Å². The van der Waals surface area contributed by atoms with E-state index in [1.54, 1.807) is 24.0 Å². The van der Waals surface area contributed by atoms with Crippen LogP contribution in [0.15, 0.2) is 18.2 Å². The molecule has 104 valence electrons. The number of nitrogens with zero attached hydrogens (tertiary/aromatic N) is 1. The number of hydrogen-bond acceptors (Lipinski definition) is 2. The van der Waals surface area contributed by atoms with Gasteiger partial charge in [0.2, 0.25) is 5.91 Å². The first-order valence-electron chi connectivity index (χ1n) is 6.74. The second-order valence-corrected chi connectivity index (χ2v) is 5.26. The van der Waals surface area contributed by atoms with E-state index in [0.29, 0.717) is 18.0 Å². The lowest BCUT2D eigenvalue weighted by Gasteiger charge is -2.16. The molecule has 1 heterocycles. The normalized spacial score (nSPS) is 18.9. The number of benzene rings is 1. The Bertz CT molecular complexity index is 461. The fourth-order valence-corrected chi connectivity index (χ4v) is 2.58. The van der Waals surface area contributed by atoms with Crippen molar-refractivity contribution in [2.75, 3.05) is 19.7 Å². The Morgan fingerprint density at radius 2 is 2.32 bits per heavy atom. The van der Waals surface area contributed by atoms with Crippen molar-refractivity contribution in [3.05, 3.63) is 35.1 Å². The maximum atomic E-state index is 13.5. The van der Waals surface area contributed by atoms with Crippen molar-refractivity contribution in [1.82, 2.24) is 4.90 Å². The molecule has 1 saturated heterocycles. The lowest BCUT2D eigenvalue weighted by Crippen LogP contribution is -2.29. The zero-order valence-corrected chi connectivity index (χ0v) is 11.2. The molecule has 1 aliphatic rings. The molecule has 1 aromatic carbocycles. The molecule has 1 N–H and O–H groups in total. The van der Waals surface area contributed by atoms with Crippen LogP contribution in [0.3, 0.4) is 0 Å². The summed E-state index contributed by atoms with van der Waals surface area (Å²) in [6, 6.07) is 5.35. The SMILES string of the molecule is Cc1ccc(CC2CCN(C(=O)CCO)C2)cc1F. The molecule has 1 atom stereocenters. The van der Waals surface area contributed by atoms with Gasteiger partial charge in [0.15, 0.2) is 0 Å². The first-order chi connectivity index (χ1) is 9.10. The van der Waals surface area contributed by atoms with Crippen molar-refractivity contribution in [2.45, 2.75) is 26.2 Å². The van der Waals surface area contributed by atoms with Gasteiger partial charge in [0.05, 0.1) is 6.61 Å². The number of aliphatic hydroxyl groups is 1. The highest BCUT2D eigenvalue weighted by Gasteiger charge is 2.25. The van der Waals surface area contributed by atoms with Crippen LogP contribution in [0.4, 0.5) is 4.39 Å². The highest BCUT2D eigenvalue weighted by molar-refractivity contribution is 5.76. The Labute approximate surface area is 113 Å². The fourth-order valence-electron chi connectivity index (χ4n) is 2.58. The van der Waals surface area contributed by atoms with Gasteiger partial charge >= 0.3 is 0 Å². The number of carbonyl (C=O) groups excluding carboxylic acids is 1. The van der Waals surface area contributed by atoms with E-state index in [4.69, 9.17) is 5.11 Å². The quantitative estimate of drug-likeness (QED) is 0.903. The monoisotopic (exact) mass is 265 g/mol. The van der Waals surface area contributed by atoms with E-state index in [0.717, 1.165) is 24.9 Å². The van der Waals surface area contributed by atoms with E-state index in [1.807, 2.05) is 6.07 Å². The van der Waals surface area contributed by atoms with Gasteiger partial charge in [-0.15, -0.1) is 0 Å². The first kappa shape index (κ1) is 14.0. The van der Waals surface area contributed by atoms with Gasteiger partial charge in [0, 0.05) is 19.5 Å². The van der Waals surface area contributed by atoms with E-state index >= 15 is 0 Å². The molecular formula is C15H20FNO2. The van der Waals surface area contributed by atoms with Crippen molar-refractivity contribution in [3.63, 3.8) is 0 Å². The standard InChI is InChI=1S/C15H20FNO2/c1-11-2-3-12(9-14(11)16)8-13-4-6-17(10-13)15(19)5-7-18/h2-3,9,13,18H,4-8,10H2,1H3. The number of amides is 1. The molecule has 0 aliphatic carbocycles. The van der Waals surface area contributed by atoms with Crippen LogP contribution in [0.25, 0.3) is 0 Å². The molecule has 19 heavy (non-hydrogen) atoms. The van der Waals surface area contributed by atoms with Crippen LogP contribution in [-0.2, 0) is 11.2 Å². The molecule has 1 aliphatic heterocycles. The van der Waals surface area contributed by atoms with E-state index in [2.05, 4.69) is 0 Å². The van der Waals surface area contributed by atoms with Crippen molar-refractivity contribution < 1.29 is 14.3 Å². The van der Waals surface area contributed by atoms with Gasteiger partial charge in [0.1, 0.15) is 5.82 Å². The summed E-state index contributed by atoms with van der Waals surface area (Å²) < 4.78 is 13.5. The van der Waals surface area contributed by atoms with Crippen LogP contribution in [0.5, 0.6) is 0 Å². The molecule has 2 rings (SSSR count). The summed E-state index contributed by atoms with van der Waals surface area (Å²) in [5.74, 6) is 0.244. The Morgan fingerprint density at radius 3 is 3.00 bits per heavy atom. The number of rotatable bonds is 4. The zero-order valence-electron chi connectivity index (χ0n) is 11.2. The van der Waals surface area contributed by atoms with Crippen molar-refractivity contribution in [3.8, 4) is 0 Å². The second-order valence-electron chi connectivity index (χ2n) is 5.26. The lowest BCUT2D eigenvalue weighted by atomic mass is 9.98. The van der Waals surface area contributed by atoms with E-state index in [1.165, 1.54) is 0 Å². The number of halogens is 1. The summed E-state index contributed by atoms with van der Waals surface area (Å²) in [4.78, 5) is 13.4. The fraction of sp³-hybridized carbons (Fsp3) is 0.533. The lowest BCUT2D eigenvalue weighted by molar-refractivity contribution is -0.130. The predicted octanol–water partition coefficient (Wildman–Crippen LogP) is 1.91. The Hall–Kier alpha value is -1.42. The molecule has 0 saturated carbocycles. The van der Waals surface area contributed by atoms with Crippen LogP contribution in [0.1, 0.15) is 24.0 Å². The summed E-state index contributed by atoms with van der Waals surface area (Å²) in [5, 5.41) is 8.77. The highest BCUT2D eigenvalue weighted by atomic mass is 19.1. The third-order valence-corrected chi connectivity index (χ3v) is 3.72. The van der Waals surface area contributed by atoms with E-state index in [-0.39, 0.29) is 24.8 Å². The van der Waals surface area contributed by atoms with E-state index < -0.39 is 0 Å². The van der Waals surface area contributed by atoms with Crippen LogP contribution in [0, 0.1) is 18.7 Å². The van der Waals surface area contributed by atoms with Crippen molar-refractivity contribution in [2.24, 2.45) is 5.92 Å². The van der Waals surface area contributed by atoms with Gasteiger partial charge in [-0.1, -0.05) is 12.1 Å². The van der Waals surface area contributed by atoms with Crippen LogP contribution < -0.4 is 0 Å². The maximum Gasteiger partial charge on any atom is 0.224 e. The highest BCUT2D eigenvalue weighted by Crippen LogP contribution is 2.22. The Kier molecular flexibility index (Phi) is 4.53. The summed E-state index contributed by atoms with van der Waals surface area (Å²) >= 11 is 0. The predicted molar refractivity (Wildman–Crippen MR) is 71.2 cm³/mol. The third kappa shape index (κ3) is 3.53. The maximum absolute atomic E-state index is 13.5. The topological polar surface area (TPSA) is 40.5 Å². The van der Waals surface area contributed by atoms with E-state index in [9.17, 15) is 9.18 Å². The molecule has 1 unspecified atom stereocenters. The number of likely N-dealkylation sites (tertiary alicyclic amines) is 1. The van der Waals surface area contributed by atoms with Gasteiger partial charge in [-0.2, -0.15) is 0 Å². The van der Waals surface area contributed by atoms with Crippen LogP contribution in [-0.4, -0.2) is 35.6 Å². The third-order valence-electron chi connectivity index (χ3n) is 3.72. The van der Waals surface area contributed by atoms with Crippen LogP contribution >= 0.6 is 0 Å². The first-order valence-corrected chi connectivity index (χ1v) is 6.74. The van der Waals surface area contributed by atoms with Gasteiger partial charge in [-0.25, -0.2) is 4.39 Å². The minimum absolute atomic E-state index is 0.0140. The summed E-state index contributed by atoms with van der Waals surface area (Å²) in [6.07, 6.45) is 1.96. The molecule has 1 amide bonds. The second kappa shape index (κ2) is 6.15. The average molecular weight is 265 g/mol. The molecule has 3 nitrogen and oxygen atoms in total. The number of aryl methyl sites for hydroxylation is 1. The summed E-state index contributed by atoms with van der Waals surface area (Å²) in [6.45, 7) is 3.12. The number of carbonyl (C=O) groups is 1. The Balaban J connectivity index is 1.91. The summed E-state index contributed by atoms with van der Waals surface area (Å²) in [7, 11) is 0. The molecule has 0 aromatic heterocycles. The smallest absolute Gasteiger partial charge is 0.224 e. The molecule has 4 heteroatoms. The number of hydrogen-bond donors (Lipinski definition) is 1. The molecule has 1 aromatic rings. The Morgan fingerprint density at radius 1 is 1.53 bits per heavy atom. The summed E-state index contributed by atoms with van der Waals surface area (Å²) in [5.41, 5.74) is 1.65. The van der Waals surface area contributed by atoms with Crippen molar-refractivity contribution in [1.29, 1.82) is 0 Å². The molecule has 0 radical (unpaired) electrons. The van der Waals surface area contributed by atoms with Crippen LogP contribution in [0.2, 0.25) is 0 Å². The zero-order chi connectivity index (χ0) is 13.8. The van der Waals surface area contributed by atoms with Gasteiger partial charge in [0.25, 0.3) is 0 Å². The average Bonchev–Trinajstić information content (AvgIpc) is 2.83. The molecule has 0 bridgehead atoms.